The van der Waals surface area contributed by atoms with Crippen LogP contribution in [0.25, 0.3) is 11.5 Å². The van der Waals surface area contributed by atoms with E-state index in [9.17, 15) is 13.2 Å². The van der Waals surface area contributed by atoms with E-state index in [1.165, 1.54) is 18.3 Å². The van der Waals surface area contributed by atoms with Crippen LogP contribution in [0.15, 0.2) is 46.0 Å². The maximum absolute atomic E-state index is 12.8. The molecule has 1 aliphatic heterocycles. The number of aryl methyl sites for hydroxylation is 2. The summed E-state index contributed by atoms with van der Waals surface area (Å²) < 4.78 is 33.7. The highest BCUT2D eigenvalue weighted by Crippen LogP contribution is 2.29. The fraction of sp³-hybridized carbons (Fsp3) is 0.300. The summed E-state index contributed by atoms with van der Waals surface area (Å²) in [6, 6.07) is 8.41. The van der Waals surface area contributed by atoms with Gasteiger partial charge in [0.05, 0.1) is 17.4 Å². The van der Waals surface area contributed by atoms with Gasteiger partial charge in [-0.1, -0.05) is 12.1 Å². The molecule has 152 valence electrons. The van der Waals surface area contributed by atoms with E-state index >= 15 is 0 Å². The third kappa shape index (κ3) is 3.77. The van der Waals surface area contributed by atoms with Crippen LogP contribution >= 0.6 is 0 Å². The average Bonchev–Trinajstić information content (AvgIpc) is 3.44. The number of aromatic amines is 1. The molecule has 0 saturated carbocycles. The minimum absolute atomic E-state index is 0.138. The highest BCUT2D eigenvalue weighted by Gasteiger charge is 2.26. The largest absolute Gasteiger partial charge is 0.441 e. The van der Waals surface area contributed by atoms with Crippen LogP contribution in [0.5, 0.6) is 0 Å². The number of amides is 1. The van der Waals surface area contributed by atoms with E-state index in [4.69, 9.17) is 4.42 Å². The zero-order chi connectivity index (χ0) is 20.6. The fourth-order valence-corrected chi connectivity index (χ4v) is 4.42. The number of nitrogens with one attached hydrogen (secondary N) is 2. The van der Waals surface area contributed by atoms with E-state index in [-0.39, 0.29) is 16.8 Å². The molecule has 1 fully saturated rings. The predicted molar refractivity (Wildman–Crippen MR) is 108 cm³/mol. The highest BCUT2D eigenvalue weighted by atomic mass is 32.2. The minimum atomic E-state index is -3.92. The SMILES string of the molecule is Cc1ccc(C)c(NS(=O)(=O)c2ccc(-c3[nH]ncc3C(=O)N3CCCC3)o2)c1. The van der Waals surface area contributed by atoms with Crippen molar-refractivity contribution in [2.24, 2.45) is 0 Å². The van der Waals surface area contributed by atoms with Gasteiger partial charge in [-0.3, -0.25) is 14.6 Å². The summed E-state index contributed by atoms with van der Waals surface area (Å²) in [4.78, 5) is 14.5. The molecule has 1 saturated heterocycles. The number of rotatable bonds is 5. The molecule has 3 aromatic rings. The molecule has 9 heteroatoms. The normalized spacial score (nSPS) is 14.3. The fourth-order valence-electron chi connectivity index (χ4n) is 3.37. The lowest BCUT2D eigenvalue weighted by Gasteiger charge is -2.14. The topological polar surface area (TPSA) is 108 Å². The van der Waals surface area contributed by atoms with Crippen molar-refractivity contribution in [2.45, 2.75) is 31.8 Å². The zero-order valence-corrected chi connectivity index (χ0v) is 17.0. The first kappa shape index (κ1) is 19.3. The number of nitrogens with zero attached hydrogens (tertiary/aromatic N) is 2. The first-order valence-corrected chi connectivity index (χ1v) is 10.9. The van der Waals surface area contributed by atoms with E-state index in [1.807, 2.05) is 26.0 Å². The Labute approximate surface area is 169 Å². The number of carbonyl (C=O) groups excluding carboxylic acids is 1. The molecule has 1 aliphatic rings. The van der Waals surface area contributed by atoms with E-state index in [1.54, 1.807) is 11.0 Å². The summed E-state index contributed by atoms with van der Waals surface area (Å²) in [5, 5.41) is 6.47. The maximum atomic E-state index is 12.8. The molecule has 4 rings (SSSR count). The van der Waals surface area contributed by atoms with Gasteiger partial charge < -0.3 is 9.32 Å². The Balaban J connectivity index is 1.61. The van der Waals surface area contributed by atoms with Crippen LogP contribution in [0, 0.1) is 13.8 Å². The number of H-pyrrole nitrogens is 1. The number of anilines is 1. The molecule has 2 N–H and O–H groups in total. The molecule has 0 spiro atoms. The van der Waals surface area contributed by atoms with Gasteiger partial charge in [0.2, 0.25) is 5.09 Å². The van der Waals surface area contributed by atoms with Gasteiger partial charge in [-0.2, -0.15) is 13.5 Å². The van der Waals surface area contributed by atoms with Gasteiger partial charge >= 0.3 is 0 Å². The summed E-state index contributed by atoms with van der Waals surface area (Å²) in [6.07, 6.45) is 3.40. The lowest BCUT2D eigenvalue weighted by Crippen LogP contribution is -2.27. The van der Waals surface area contributed by atoms with Gasteiger partial charge in [0.1, 0.15) is 5.69 Å². The summed E-state index contributed by atoms with van der Waals surface area (Å²) >= 11 is 0. The molecule has 0 unspecified atom stereocenters. The Bertz CT molecular complexity index is 1160. The Morgan fingerprint density at radius 2 is 1.93 bits per heavy atom. The summed E-state index contributed by atoms with van der Waals surface area (Å²) in [7, 11) is -3.92. The quantitative estimate of drug-likeness (QED) is 0.666. The van der Waals surface area contributed by atoms with Crippen LogP contribution in [0.2, 0.25) is 0 Å². The third-order valence-corrected chi connectivity index (χ3v) is 6.23. The van der Waals surface area contributed by atoms with Crippen molar-refractivity contribution in [1.29, 1.82) is 0 Å². The molecule has 0 bridgehead atoms. The molecule has 0 atom stereocenters. The summed E-state index contributed by atoms with van der Waals surface area (Å²) in [6.45, 7) is 5.13. The summed E-state index contributed by atoms with van der Waals surface area (Å²) in [5.74, 6) is 0.104. The van der Waals surface area contributed by atoms with E-state index in [0.29, 0.717) is 30.0 Å². The molecule has 3 heterocycles. The van der Waals surface area contributed by atoms with E-state index in [0.717, 1.165) is 24.0 Å². The number of benzene rings is 1. The predicted octanol–water partition coefficient (Wildman–Crippen LogP) is 3.32. The van der Waals surface area contributed by atoms with Gasteiger partial charge in [-0.15, -0.1) is 0 Å². The Morgan fingerprint density at radius 3 is 2.69 bits per heavy atom. The smallest absolute Gasteiger partial charge is 0.295 e. The molecule has 1 amide bonds. The standard InChI is InChI=1S/C20H22N4O4S/c1-13-5-6-14(2)16(11-13)23-29(26,27)18-8-7-17(28-18)19-15(12-21-22-19)20(25)24-9-3-4-10-24/h5-8,11-12,23H,3-4,9-10H2,1-2H3,(H,21,22). The number of hydrogen-bond acceptors (Lipinski definition) is 5. The van der Waals surface area contributed by atoms with E-state index < -0.39 is 10.0 Å². The molecule has 2 aromatic heterocycles. The molecular weight excluding hydrogens is 392 g/mol. The van der Waals surface area contributed by atoms with Gasteiger partial charge in [0.15, 0.2) is 5.76 Å². The van der Waals surface area contributed by atoms with Gasteiger partial charge in [-0.05, 0) is 56.0 Å². The lowest BCUT2D eigenvalue weighted by molar-refractivity contribution is 0.0793. The minimum Gasteiger partial charge on any atom is -0.441 e. The molecule has 0 aliphatic carbocycles. The molecule has 1 aromatic carbocycles. The van der Waals surface area contributed by atoms with Crippen molar-refractivity contribution in [2.75, 3.05) is 17.8 Å². The Morgan fingerprint density at radius 1 is 1.17 bits per heavy atom. The second kappa shape index (κ2) is 7.40. The van der Waals surface area contributed by atoms with Crippen LogP contribution in [-0.2, 0) is 10.0 Å². The Kier molecular flexibility index (Phi) is 4.91. The summed E-state index contributed by atoms with van der Waals surface area (Å²) in [5.41, 5.74) is 2.98. The van der Waals surface area contributed by atoms with E-state index in [2.05, 4.69) is 14.9 Å². The number of sulfonamides is 1. The molecule has 29 heavy (non-hydrogen) atoms. The van der Waals surface area contributed by atoms with Crippen molar-refractivity contribution < 1.29 is 17.6 Å². The van der Waals surface area contributed by atoms with Gasteiger partial charge in [-0.25, -0.2) is 0 Å². The number of hydrogen-bond donors (Lipinski definition) is 2. The molecule has 8 nitrogen and oxygen atoms in total. The van der Waals surface area contributed by atoms with Crippen LogP contribution in [-0.4, -0.2) is 42.5 Å². The number of carbonyl (C=O) groups is 1. The second-order valence-electron chi connectivity index (χ2n) is 7.20. The second-order valence-corrected chi connectivity index (χ2v) is 8.81. The first-order chi connectivity index (χ1) is 13.8. The highest BCUT2D eigenvalue weighted by molar-refractivity contribution is 7.92. The van der Waals surface area contributed by atoms with Crippen LogP contribution in [0.4, 0.5) is 5.69 Å². The zero-order valence-electron chi connectivity index (χ0n) is 16.2. The monoisotopic (exact) mass is 414 g/mol. The van der Waals surface area contributed by atoms with Crippen molar-refractivity contribution in [3.63, 3.8) is 0 Å². The van der Waals surface area contributed by atoms with Crippen molar-refractivity contribution >= 4 is 21.6 Å². The van der Waals surface area contributed by atoms with Gasteiger partial charge in [0, 0.05) is 13.1 Å². The van der Waals surface area contributed by atoms with Crippen LogP contribution < -0.4 is 4.72 Å². The molecule has 0 radical (unpaired) electrons. The van der Waals surface area contributed by atoms with Gasteiger partial charge in [0.25, 0.3) is 15.9 Å². The van der Waals surface area contributed by atoms with Crippen LogP contribution in [0.3, 0.4) is 0 Å². The van der Waals surface area contributed by atoms with Crippen LogP contribution in [0.1, 0.15) is 34.3 Å². The van der Waals surface area contributed by atoms with Crippen molar-refractivity contribution in [3.8, 4) is 11.5 Å². The van der Waals surface area contributed by atoms with Crippen molar-refractivity contribution in [1.82, 2.24) is 15.1 Å². The Hall–Kier alpha value is -3.07. The number of aromatic nitrogens is 2. The van der Waals surface area contributed by atoms with Crippen molar-refractivity contribution in [3.05, 3.63) is 53.2 Å². The third-order valence-electron chi connectivity index (χ3n) is 4.99. The number of furan rings is 1. The lowest BCUT2D eigenvalue weighted by atomic mass is 10.1. The number of likely N-dealkylation sites (tertiary alicyclic amines) is 1. The molecular formula is C20H22N4O4S. The maximum Gasteiger partial charge on any atom is 0.295 e. The average molecular weight is 414 g/mol. The first-order valence-electron chi connectivity index (χ1n) is 9.38.